The van der Waals surface area contributed by atoms with E-state index in [9.17, 15) is 4.79 Å². The van der Waals surface area contributed by atoms with E-state index >= 15 is 0 Å². The predicted octanol–water partition coefficient (Wildman–Crippen LogP) is 0.817. The van der Waals surface area contributed by atoms with Gasteiger partial charge in [0.25, 0.3) is 5.91 Å². The second-order valence-corrected chi connectivity index (χ2v) is 4.94. The monoisotopic (exact) mass is 304 g/mol. The number of amides is 1. The van der Waals surface area contributed by atoms with Crippen molar-refractivity contribution in [1.82, 2.24) is 10.5 Å². The molecule has 0 saturated heterocycles. The van der Waals surface area contributed by atoms with Crippen LogP contribution >= 0.6 is 0 Å². The molecule has 1 aromatic carbocycles. The van der Waals surface area contributed by atoms with Crippen LogP contribution in [0.5, 0.6) is 0 Å². The fourth-order valence-electron chi connectivity index (χ4n) is 1.97. The SMILES string of the molecule is Cc1cc(C(=O)Nc2cccc([C@H](N)CNCCO)c2)no1. The number of nitrogens with zero attached hydrogens (tertiary/aromatic N) is 1. The van der Waals surface area contributed by atoms with Gasteiger partial charge in [-0.25, -0.2) is 0 Å². The number of hydrogen-bond donors (Lipinski definition) is 4. The summed E-state index contributed by atoms with van der Waals surface area (Å²) in [4.78, 5) is 12.0. The van der Waals surface area contributed by atoms with E-state index in [0.717, 1.165) is 5.56 Å². The number of benzene rings is 1. The van der Waals surface area contributed by atoms with Crippen LogP contribution in [0, 0.1) is 6.92 Å². The van der Waals surface area contributed by atoms with Crippen molar-refractivity contribution >= 4 is 11.6 Å². The summed E-state index contributed by atoms with van der Waals surface area (Å²) in [6, 6.07) is 8.66. The third kappa shape index (κ3) is 4.39. The molecule has 0 spiro atoms. The zero-order valence-electron chi connectivity index (χ0n) is 12.4. The summed E-state index contributed by atoms with van der Waals surface area (Å²) in [5.74, 6) is 0.247. The Balaban J connectivity index is 2.00. The van der Waals surface area contributed by atoms with Crippen LogP contribution in [-0.4, -0.2) is 35.9 Å². The Bertz CT molecular complexity index is 627. The second kappa shape index (κ2) is 7.69. The molecule has 5 N–H and O–H groups in total. The number of rotatable bonds is 7. The Labute approximate surface area is 128 Å². The fraction of sp³-hybridized carbons (Fsp3) is 0.333. The van der Waals surface area contributed by atoms with Crippen LogP contribution in [0.2, 0.25) is 0 Å². The molecule has 0 saturated carbocycles. The van der Waals surface area contributed by atoms with Crippen molar-refractivity contribution in [1.29, 1.82) is 0 Å². The molecule has 0 bridgehead atoms. The van der Waals surface area contributed by atoms with Crippen molar-refractivity contribution < 1.29 is 14.4 Å². The molecule has 0 unspecified atom stereocenters. The first kappa shape index (κ1) is 16.2. The van der Waals surface area contributed by atoms with Crippen molar-refractivity contribution in [2.24, 2.45) is 5.73 Å². The van der Waals surface area contributed by atoms with Crippen LogP contribution in [0.25, 0.3) is 0 Å². The summed E-state index contributed by atoms with van der Waals surface area (Å²) in [5, 5.41) is 18.2. The maximum Gasteiger partial charge on any atom is 0.277 e. The number of nitrogens with one attached hydrogen (secondary N) is 2. The molecular formula is C15H20N4O3. The molecule has 0 aliphatic heterocycles. The minimum Gasteiger partial charge on any atom is -0.395 e. The Morgan fingerprint density at radius 1 is 1.45 bits per heavy atom. The topological polar surface area (TPSA) is 113 Å². The van der Waals surface area contributed by atoms with Gasteiger partial charge in [-0.2, -0.15) is 0 Å². The lowest BCUT2D eigenvalue weighted by Gasteiger charge is -2.14. The quantitative estimate of drug-likeness (QED) is 0.563. The van der Waals surface area contributed by atoms with Crippen LogP contribution in [0.1, 0.15) is 27.9 Å². The van der Waals surface area contributed by atoms with Crippen LogP contribution in [0.15, 0.2) is 34.9 Å². The molecule has 0 aliphatic rings. The highest BCUT2D eigenvalue weighted by Crippen LogP contribution is 2.16. The Morgan fingerprint density at radius 3 is 2.95 bits per heavy atom. The highest BCUT2D eigenvalue weighted by Gasteiger charge is 2.12. The Morgan fingerprint density at radius 2 is 2.27 bits per heavy atom. The number of carbonyl (C=O) groups excluding carboxylic acids is 1. The molecule has 118 valence electrons. The third-order valence-corrected chi connectivity index (χ3v) is 3.09. The number of anilines is 1. The normalized spacial score (nSPS) is 12.1. The van der Waals surface area contributed by atoms with Crippen molar-refractivity contribution in [3.8, 4) is 0 Å². The predicted molar refractivity (Wildman–Crippen MR) is 82.5 cm³/mol. The second-order valence-electron chi connectivity index (χ2n) is 4.94. The molecule has 1 heterocycles. The minimum absolute atomic E-state index is 0.0694. The van der Waals surface area contributed by atoms with E-state index in [0.29, 0.717) is 24.5 Å². The summed E-state index contributed by atoms with van der Waals surface area (Å²) in [6.07, 6.45) is 0. The number of hydrogen-bond acceptors (Lipinski definition) is 6. The van der Waals surface area contributed by atoms with Gasteiger partial charge in [0.15, 0.2) is 5.69 Å². The van der Waals surface area contributed by atoms with Crippen molar-refractivity contribution in [3.05, 3.63) is 47.3 Å². The van der Waals surface area contributed by atoms with Gasteiger partial charge in [0.1, 0.15) is 5.76 Å². The van der Waals surface area contributed by atoms with E-state index in [4.69, 9.17) is 15.4 Å². The van der Waals surface area contributed by atoms with Crippen LogP contribution in [0.3, 0.4) is 0 Å². The number of aromatic nitrogens is 1. The standard InChI is InChI=1S/C15H20N4O3/c1-10-7-14(19-22-10)15(21)18-12-4-2-3-11(8-12)13(16)9-17-5-6-20/h2-4,7-8,13,17,20H,5-6,9,16H2,1H3,(H,18,21)/t13-/m1/s1. The van der Waals surface area contributed by atoms with Gasteiger partial charge in [-0.15, -0.1) is 0 Å². The zero-order chi connectivity index (χ0) is 15.9. The average molecular weight is 304 g/mol. The molecule has 1 atom stereocenters. The molecule has 2 rings (SSSR count). The summed E-state index contributed by atoms with van der Waals surface area (Å²) >= 11 is 0. The molecule has 1 amide bonds. The van der Waals surface area contributed by atoms with Crippen LogP contribution in [-0.2, 0) is 0 Å². The summed E-state index contributed by atoms with van der Waals surface area (Å²) in [5.41, 5.74) is 7.83. The summed E-state index contributed by atoms with van der Waals surface area (Å²) in [7, 11) is 0. The average Bonchev–Trinajstić information content (AvgIpc) is 2.94. The van der Waals surface area contributed by atoms with Crippen molar-refractivity contribution in [3.63, 3.8) is 0 Å². The first-order valence-corrected chi connectivity index (χ1v) is 7.02. The van der Waals surface area contributed by atoms with E-state index in [1.54, 1.807) is 19.1 Å². The molecule has 7 heteroatoms. The lowest BCUT2D eigenvalue weighted by molar-refractivity contribution is 0.101. The smallest absolute Gasteiger partial charge is 0.277 e. The maximum absolute atomic E-state index is 12.0. The maximum atomic E-state index is 12.0. The summed E-state index contributed by atoms with van der Waals surface area (Å²) < 4.78 is 4.88. The number of aliphatic hydroxyl groups excluding tert-OH is 1. The summed E-state index contributed by atoms with van der Waals surface area (Å²) in [6.45, 7) is 2.83. The Hall–Kier alpha value is -2.22. The van der Waals surface area contributed by atoms with Crippen molar-refractivity contribution in [2.75, 3.05) is 25.0 Å². The Kier molecular flexibility index (Phi) is 5.65. The van der Waals surface area contributed by atoms with E-state index in [1.165, 1.54) is 0 Å². The van der Waals surface area contributed by atoms with E-state index in [1.807, 2.05) is 18.2 Å². The van der Waals surface area contributed by atoms with E-state index < -0.39 is 0 Å². The van der Waals surface area contributed by atoms with Gasteiger partial charge in [0, 0.05) is 30.9 Å². The molecule has 0 fully saturated rings. The lowest BCUT2D eigenvalue weighted by Crippen LogP contribution is -2.29. The molecule has 7 nitrogen and oxygen atoms in total. The number of carbonyl (C=O) groups is 1. The molecule has 22 heavy (non-hydrogen) atoms. The molecule has 1 aromatic heterocycles. The highest BCUT2D eigenvalue weighted by atomic mass is 16.5. The molecule has 0 aliphatic carbocycles. The fourth-order valence-corrected chi connectivity index (χ4v) is 1.97. The van der Waals surface area contributed by atoms with Gasteiger partial charge in [-0.3, -0.25) is 4.79 Å². The molecule has 2 aromatic rings. The number of nitrogens with two attached hydrogens (primary N) is 1. The molecular weight excluding hydrogens is 284 g/mol. The largest absolute Gasteiger partial charge is 0.395 e. The highest BCUT2D eigenvalue weighted by molar-refractivity contribution is 6.02. The van der Waals surface area contributed by atoms with Gasteiger partial charge in [0.2, 0.25) is 0 Å². The van der Waals surface area contributed by atoms with Gasteiger partial charge in [-0.1, -0.05) is 17.3 Å². The first-order chi connectivity index (χ1) is 10.6. The molecule has 0 radical (unpaired) electrons. The zero-order valence-corrected chi connectivity index (χ0v) is 12.4. The van der Waals surface area contributed by atoms with Gasteiger partial charge >= 0.3 is 0 Å². The van der Waals surface area contributed by atoms with Crippen LogP contribution < -0.4 is 16.4 Å². The first-order valence-electron chi connectivity index (χ1n) is 7.02. The third-order valence-electron chi connectivity index (χ3n) is 3.09. The number of aliphatic hydroxyl groups is 1. The van der Waals surface area contributed by atoms with E-state index in [2.05, 4.69) is 15.8 Å². The van der Waals surface area contributed by atoms with Crippen LogP contribution in [0.4, 0.5) is 5.69 Å². The van der Waals surface area contributed by atoms with Crippen molar-refractivity contribution in [2.45, 2.75) is 13.0 Å². The van der Waals surface area contributed by atoms with Gasteiger partial charge < -0.3 is 26.0 Å². The minimum atomic E-state index is -0.332. The lowest BCUT2D eigenvalue weighted by atomic mass is 10.1. The number of aryl methyl sites for hydroxylation is 1. The van der Waals surface area contributed by atoms with Gasteiger partial charge in [-0.05, 0) is 24.6 Å². The van der Waals surface area contributed by atoms with Gasteiger partial charge in [0.05, 0.1) is 6.61 Å². The van der Waals surface area contributed by atoms with E-state index in [-0.39, 0.29) is 24.2 Å².